The minimum absolute atomic E-state index is 0.640. The van der Waals surface area contributed by atoms with Crippen LogP contribution >= 0.6 is 0 Å². The molecular formula is C41H82N2. The fourth-order valence-corrected chi connectivity index (χ4v) is 7.07. The Hall–Kier alpha value is -0.660. The number of rotatable bonds is 35. The molecular weight excluding hydrogens is 520 g/mol. The normalized spacial score (nSPS) is 14.9. The van der Waals surface area contributed by atoms with E-state index in [4.69, 9.17) is 0 Å². The quantitative estimate of drug-likeness (QED) is 0.0666. The van der Waals surface area contributed by atoms with Crippen LogP contribution < -0.4 is 0 Å². The average molecular weight is 603 g/mol. The third-order valence-electron chi connectivity index (χ3n) is 10.1. The predicted molar refractivity (Wildman–Crippen MR) is 196 cm³/mol. The molecule has 0 N–H and O–H groups in total. The van der Waals surface area contributed by atoms with Gasteiger partial charge in [-0.15, -0.1) is 0 Å². The smallest absolute Gasteiger partial charge is 0.101 e. The Labute approximate surface area is 273 Å². The first-order valence-electron chi connectivity index (χ1n) is 20.5. The van der Waals surface area contributed by atoms with Gasteiger partial charge in [0.05, 0.1) is 0 Å². The lowest BCUT2D eigenvalue weighted by molar-refractivity contribution is 0.135. The van der Waals surface area contributed by atoms with E-state index in [2.05, 4.69) is 43.0 Å². The van der Waals surface area contributed by atoms with Gasteiger partial charge >= 0.3 is 0 Å². The third kappa shape index (κ3) is 25.2. The summed E-state index contributed by atoms with van der Waals surface area (Å²) in [7, 11) is 0. The first-order chi connectivity index (χ1) is 21.3. The van der Waals surface area contributed by atoms with Crippen molar-refractivity contribution in [2.24, 2.45) is 0 Å². The van der Waals surface area contributed by atoms with Gasteiger partial charge in [0, 0.05) is 25.5 Å². The standard InChI is InChI=1S/C41H82N2/c1-4-7-10-13-16-18-20-22-23-25-27-29-32-35-38-43-40-39-42(41(43)36-33-30-15-12-9-6-3)37-34-31-28-26-24-21-19-17-14-11-8-5-2/h39-41H,4-38H2,1-3H3. The Morgan fingerprint density at radius 2 is 0.535 bits per heavy atom. The molecule has 0 amide bonds. The summed E-state index contributed by atoms with van der Waals surface area (Å²) in [6, 6.07) is 0. The molecule has 0 fully saturated rings. The molecule has 0 aromatic carbocycles. The first-order valence-corrected chi connectivity index (χ1v) is 20.5. The molecule has 0 aromatic rings. The van der Waals surface area contributed by atoms with Crippen molar-refractivity contribution in [1.82, 2.24) is 9.80 Å². The van der Waals surface area contributed by atoms with Crippen LogP contribution in [0.15, 0.2) is 12.4 Å². The molecule has 2 nitrogen and oxygen atoms in total. The lowest BCUT2D eigenvalue weighted by Gasteiger charge is -2.33. The van der Waals surface area contributed by atoms with Crippen LogP contribution in [0.4, 0.5) is 0 Å². The molecule has 1 heterocycles. The monoisotopic (exact) mass is 603 g/mol. The van der Waals surface area contributed by atoms with Crippen LogP contribution in [0.25, 0.3) is 0 Å². The molecule has 1 atom stereocenters. The summed E-state index contributed by atoms with van der Waals surface area (Å²) < 4.78 is 0. The lowest BCUT2D eigenvalue weighted by atomic mass is 10.0. The molecule has 0 saturated carbocycles. The molecule has 0 saturated heterocycles. The van der Waals surface area contributed by atoms with E-state index in [0.717, 1.165) is 0 Å². The van der Waals surface area contributed by atoms with E-state index in [-0.39, 0.29) is 0 Å². The molecule has 1 aliphatic heterocycles. The van der Waals surface area contributed by atoms with Gasteiger partial charge in [-0.25, -0.2) is 0 Å². The van der Waals surface area contributed by atoms with Gasteiger partial charge in [0.2, 0.25) is 0 Å². The minimum Gasteiger partial charge on any atom is -0.356 e. The van der Waals surface area contributed by atoms with Crippen LogP contribution in [0.5, 0.6) is 0 Å². The summed E-state index contributed by atoms with van der Waals surface area (Å²) in [5.41, 5.74) is 0. The highest BCUT2D eigenvalue weighted by molar-refractivity contribution is 4.97. The molecule has 0 aliphatic carbocycles. The van der Waals surface area contributed by atoms with E-state index in [1.165, 1.54) is 225 Å². The SMILES string of the molecule is CCCCCCCCCCCCCCCCN1C=CN(CCCCCCCCCCCCCC)C1CCCCCCCC. The van der Waals surface area contributed by atoms with E-state index in [9.17, 15) is 0 Å². The van der Waals surface area contributed by atoms with Crippen molar-refractivity contribution in [3.8, 4) is 0 Å². The van der Waals surface area contributed by atoms with Crippen molar-refractivity contribution in [2.75, 3.05) is 13.1 Å². The van der Waals surface area contributed by atoms with Crippen LogP contribution in [0.2, 0.25) is 0 Å². The van der Waals surface area contributed by atoms with Gasteiger partial charge in [0.25, 0.3) is 0 Å². The Balaban J connectivity index is 2.15. The molecule has 0 spiro atoms. The summed E-state index contributed by atoms with van der Waals surface area (Å²) in [5.74, 6) is 0. The van der Waals surface area contributed by atoms with Gasteiger partial charge in [-0.1, -0.05) is 207 Å². The maximum absolute atomic E-state index is 2.72. The Morgan fingerprint density at radius 3 is 0.814 bits per heavy atom. The Kier molecular flexibility index (Phi) is 30.7. The molecule has 0 aromatic heterocycles. The minimum atomic E-state index is 0.640. The zero-order valence-electron chi connectivity index (χ0n) is 30.4. The van der Waals surface area contributed by atoms with E-state index in [1.54, 1.807) is 0 Å². The van der Waals surface area contributed by atoms with Crippen LogP contribution in [0, 0.1) is 0 Å². The fraction of sp³-hybridized carbons (Fsp3) is 0.951. The molecule has 256 valence electrons. The van der Waals surface area contributed by atoms with E-state index >= 15 is 0 Å². The summed E-state index contributed by atoms with van der Waals surface area (Å²) in [5, 5.41) is 0. The average Bonchev–Trinajstić information content (AvgIpc) is 3.40. The number of nitrogens with zero attached hydrogens (tertiary/aromatic N) is 2. The lowest BCUT2D eigenvalue weighted by Crippen LogP contribution is -2.39. The molecule has 0 radical (unpaired) electrons. The number of hydrogen-bond donors (Lipinski definition) is 0. The highest BCUT2D eigenvalue weighted by atomic mass is 15.4. The molecule has 1 aliphatic rings. The summed E-state index contributed by atoms with van der Waals surface area (Å²) >= 11 is 0. The van der Waals surface area contributed by atoms with Crippen LogP contribution in [0.1, 0.15) is 233 Å². The van der Waals surface area contributed by atoms with Gasteiger partial charge in [0.1, 0.15) is 6.17 Å². The second-order valence-corrected chi connectivity index (χ2v) is 14.3. The maximum Gasteiger partial charge on any atom is 0.101 e. The van der Waals surface area contributed by atoms with Gasteiger partial charge < -0.3 is 9.80 Å². The summed E-state index contributed by atoms with van der Waals surface area (Å²) in [6.07, 6.45) is 52.9. The predicted octanol–water partition coefficient (Wildman–Crippen LogP) is 14.3. The van der Waals surface area contributed by atoms with Crippen molar-refractivity contribution in [2.45, 2.75) is 239 Å². The summed E-state index contributed by atoms with van der Waals surface area (Å²) in [4.78, 5) is 5.43. The van der Waals surface area contributed by atoms with Gasteiger partial charge in [0.15, 0.2) is 0 Å². The van der Waals surface area contributed by atoms with Crippen molar-refractivity contribution in [1.29, 1.82) is 0 Å². The molecule has 2 heteroatoms. The Bertz CT molecular complexity index is 558. The van der Waals surface area contributed by atoms with Crippen LogP contribution in [-0.2, 0) is 0 Å². The molecule has 0 bridgehead atoms. The van der Waals surface area contributed by atoms with Gasteiger partial charge in [-0.3, -0.25) is 0 Å². The largest absolute Gasteiger partial charge is 0.356 e. The second-order valence-electron chi connectivity index (χ2n) is 14.3. The summed E-state index contributed by atoms with van der Waals surface area (Å²) in [6.45, 7) is 9.49. The van der Waals surface area contributed by atoms with Gasteiger partial charge in [-0.2, -0.15) is 0 Å². The molecule has 1 unspecified atom stereocenters. The van der Waals surface area contributed by atoms with Crippen LogP contribution in [0.3, 0.4) is 0 Å². The van der Waals surface area contributed by atoms with Crippen LogP contribution in [-0.4, -0.2) is 29.1 Å². The highest BCUT2D eigenvalue weighted by Gasteiger charge is 2.24. The number of hydrogen-bond acceptors (Lipinski definition) is 2. The van der Waals surface area contributed by atoms with Gasteiger partial charge in [-0.05, 0) is 25.7 Å². The fourth-order valence-electron chi connectivity index (χ4n) is 7.07. The molecule has 1 rings (SSSR count). The van der Waals surface area contributed by atoms with Crippen molar-refractivity contribution >= 4 is 0 Å². The van der Waals surface area contributed by atoms with E-state index in [0.29, 0.717) is 6.17 Å². The first kappa shape index (κ1) is 40.4. The topological polar surface area (TPSA) is 6.48 Å². The van der Waals surface area contributed by atoms with Crippen molar-refractivity contribution in [3.05, 3.63) is 12.4 Å². The highest BCUT2D eigenvalue weighted by Crippen LogP contribution is 2.24. The van der Waals surface area contributed by atoms with Crippen molar-refractivity contribution < 1.29 is 0 Å². The maximum atomic E-state index is 2.72. The molecule has 43 heavy (non-hydrogen) atoms. The Morgan fingerprint density at radius 1 is 0.302 bits per heavy atom. The van der Waals surface area contributed by atoms with E-state index in [1.807, 2.05) is 0 Å². The van der Waals surface area contributed by atoms with E-state index < -0.39 is 0 Å². The zero-order valence-corrected chi connectivity index (χ0v) is 30.4. The second kappa shape index (κ2) is 32.7. The number of unbranched alkanes of at least 4 members (excludes halogenated alkanes) is 29. The van der Waals surface area contributed by atoms with Crippen molar-refractivity contribution in [3.63, 3.8) is 0 Å². The zero-order chi connectivity index (χ0) is 30.9. The third-order valence-corrected chi connectivity index (χ3v) is 10.1.